The quantitative estimate of drug-likeness (QED) is 0.826. The van der Waals surface area contributed by atoms with Crippen molar-refractivity contribution in [2.24, 2.45) is 0 Å². The van der Waals surface area contributed by atoms with Gasteiger partial charge in [-0.1, -0.05) is 66.7 Å². The standard InChI is InChI=1S/C21H23N3O3/c25-20(22-14-13-17-8-3-1-4-9-17)19-12-7-15-24(23-19)21(26)27-16-18-10-5-2-6-11-18/h1-11,15,19,23H,12-14,16H2,(H,22,25). The van der Waals surface area contributed by atoms with E-state index in [4.69, 9.17) is 4.74 Å². The number of hydrogen-bond donors (Lipinski definition) is 2. The number of amides is 2. The Bertz CT molecular complexity index is 778. The van der Waals surface area contributed by atoms with Gasteiger partial charge in [-0.2, -0.15) is 0 Å². The van der Waals surface area contributed by atoms with Crippen LogP contribution < -0.4 is 10.7 Å². The van der Waals surface area contributed by atoms with E-state index >= 15 is 0 Å². The van der Waals surface area contributed by atoms with Gasteiger partial charge in [0.1, 0.15) is 12.6 Å². The lowest BCUT2D eigenvalue weighted by molar-refractivity contribution is -0.124. The summed E-state index contributed by atoms with van der Waals surface area (Å²) in [4.78, 5) is 24.5. The normalized spacial score (nSPS) is 16.0. The molecule has 0 saturated heterocycles. The molecule has 0 aromatic heterocycles. The Morgan fingerprint density at radius 3 is 2.41 bits per heavy atom. The van der Waals surface area contributed by atoms with E-state index < -0.39 is 12.1 Å². The molecule has 0 saturated carbocycles. The Labute approximate surface area is 158 Å². The minimum Gasteiger partial charge on any atom is -0.443 e. The Balaban J connectivity index is 1.44. The first-order chi connectivity index (χ1) is 13.2. The maximum atomic E-state index is 12.3. The average molecular weight is 365 g/mol. The number of ether oxygens (including phenoxy) is 1. The van der Waals surface area contributed by atoms with E-state index in [1.165, 1.54) is 10.6 Å². The van der Waals surface area contributed by atoms with Crippen LogP contribution >= 0.6 is 0 Å². The molecule has 0 fully saturated rings. The molecule has 0 bridgehead atoms. The minimum absolute atomic E-state index is 0.142. The predicted molar refractivity (Wildman–Crippen MR) is 102 cm³/mol. The van der Waals surface area contributed by atoms with Crippen molar-refractivity contribution in [2.45, 2.75) is 25.5 Å². The molecule has 1 aliphatic rings. The second-order valence-electron chi connectivity index (χ2n) is 6.24. The Morgan fingerprint density at radius 1 is 1.04 bits per heavy atom. The zero-order valence-corrected chi connectivity index (χ0v) is 15.0. The number of rotatable bonds is 6. The third kappa shape index (κ3) is 5.69. The Morgan fingerprint density at radius 2 is 1.70 bits per heavy atom. The van der Waals surface area contributed by atoms with Gasteiger partial charge in [0, 0.05) is 12.7 Å². The summed E-state index contributed by atoms with van der Waals surface area (Å²) in [7, 11) is 0. The summed E-state index contributed by atoms with van der Waals surface area (Å²) in [6.45, 7) is 0.725. The minimum atomic E-state index is -0.545. The number of benzene rings is 2. The number of hydrogen-bond acceptors (Lipinski definition) is 4. The van der Waals surface area contributed by atoms with Gasteiger partial charge < -0.3 is 10.1 Å². The molecule has 2 aromatic carbocycles. The number of nitrogens with zero attached hydrogens (tertiary/aromatic N) is 1. The molecule has 0 aliphatic carbocycles. The third-order valence-electron chi connectivity index (χ3n) is 4.20. The maximum absolute atomic E-state index is 12.3. The highest BCUT2D eigenvalue weighted by Gasteiger charge is 2.25. The van der Waals surface area contributed by atoms with Crippen LogP contribution in [0.3, 0.4) is 0 Å². The van der Waals surface area contributed by atoms with Gasteiger partial charge in [-0.05, 0) is 24.0 Å². The second kappa shape index (κ2) is 9.54. The van der Waals surface area contributed by atoms with E-state index in [1.54, 1.807) is 12.3 Å². The van der Waals surface area contributed by atoms with Crippen LogP contribution in [-0.4, -0.2) is 29.6 Å². The molecular formula is C21H23N3O3. The molecule has 2 N–H and O–H groups in total. The second-order valence-corrected chi connectivity index (χ2v) is 6.24. The van der Waals surface area contributed by atoms with Gasteiger partial charge in [-0.25, -0.2) is 15.2 Å². The Kier molecular flexibility index (Phi) is 6.60. The van der Waals surface area contributed by atoms with E-state index in [0.717, 1.165) is 12.0 Å². The van der Waals surface area contributed by atoms with Crippen molar-refractivity contribution in [1.82, 2.24) is 15.8 Å². The topological polar surface area (TPSA) is 70.7 Å². The lowest BCUT2D eigenvalue weighted by atomic mass is 10.1. The van der Waals surface area contributed by atoms with Crippen LogP contribution in [0.1, 0.15) is 17.5 Å². The van der Waals surface area contributed by atoms with Crippen molar-refractivity contribution >= 4 is 12.0 Å². The van der Waals surface area contributed by atoms with Crippen molar-refractivity contribution < 1.29 is 14.3 Å². The van der Waals surface area contributed by atoms with Crippen LogP contribution in [0.5, 0.6) is 0 Å². The first-order valence-corrected chi connectivity index (χ1v) is 8.97. The van der Waals surface area contributed by atoms with Crippen molar-refractivity contribution in [3.8, 4) is 0 Å². The van der Waals surface area contributed by atoms with Crippen LogP contribution in [0.2, 0.25) is 0 Å². The lowest BCUT2D eigenvalue weighted by Gasteiger charge is -2.28. The molecular weight excluding hydrogens is 342 g/mol. The van der Waals surface area contributed by atoms with Crippen LogP contribution in [-0.2, 0) is 22.6 Å². The van der Waals surface area contributed by atoms with Gasteiger partial charge >= 0.3 is 6.09 Å². The SMILES string of the molecule is O=C(NCCc1ccccc1)C1CC=CN(C(=O)OCc2ccccc2)N1. The fourth-order valence-electron chi connectivity index (χ4n) is 2.73. The van der Waals surface area contributed by atoms with Crippen molar-refractivity contribution in [3.05, 3.63) is 84.1 Å². The van der Waals surface area contributed by atoms with E-state index in [2.05, 4.69) is 10.7 Å². The van der Waals surface area contributed by atoms with Gasteiger partial charge in [0.2, 0.25) is 5.91 Å². The van der Waals surface area contributed by atoms with Crippen LogP contribution in [0.15, 0.2) is 72.9 Å². The highest BCUT2D eigenvalue weighted by atomic mass is 16.6. The molecule has 1 atom stereocenters. The van der Waals surface area contributed by atoms with Gasteiger partial charge in [0.05, 0.1) is 0 Å². The molecule has 2 amide bonds. The molecule has 27 heavy (non-hydrogen) atoms. The summed E-state index contributed by atoms with van der Waals surface area (Å²) in [5, 5.41) is 4.12. The summed E-state index contributed by atoms with van der Waals surface area (Å²) in [6, 6.07) is 18.9. The van der Waals surface area contributed by atoms with Crippen molar-refractivity contribution in [3.63, 3.8) is 0 Å². The van der Waals surface area contributed by atoms with Crippen LogP contribution in [0.4, 0.5) is 4.79 Å². The summed E-state index contributed by atoms with van der Waals surface area (Å²) in [6.07, 6.45) is 4.09. The first-order valence-electron chi connectivity index (χ1n) is 8.97. The predicted octanol–water partition coefficient (Wildman–Crippen LogP) is 2.77. The van der Waals surface area contributed by atoms with Crippen LogP contribution in [0, 0.1) is 0 Å². The molecule has 1 aliphatic heterocycles. The van der Waals surface area contributed by atoms with Gasteiger partial charge in [-0.3, -0.25) is 4.79 Å². The first kappa shape index (κ1) is 18.7. The smallest absolute Gasteiger partial charge is 0.428 e. The molecule has 6 heteroatoms. The van der Waals surface area contributed by atoms with Gasteiger partial charge in [0.25, 0.3) is 0 Å². The fraction of sp³-hybridized carbons (Fsp3) is 0.238. The summed E-state index contributed by atoms with van der Waals surface area (Å²) >= 11 is 0. The number of carbonyl (C=O) groups excluding carboxylic acids is 2. The van der Waals surface area contributed by atoms with Gasteiger partial charge in [-0.15, -0.1) is 0 Å². The Hall–Kier alpha value is -3.12. The summed E-state index contributed by atoms with van der Waals surface area (Å²) in [5.41, 5.74) is 4.97. The third-order valence-corrected chi connectivity index (χ3v) is 4.20. The van der Waals surface area contributed by atoms with Crippen molar-refractivity contribution in [1.29, 1.82) is 0 Å². The van der Waals surface area contributed by atoms with E-state index in [9.17, 15) is 9.59 Å². The number of nitrogens with one attached hydrogen (secondary N) is 2. The van der Waals surface area contributed by atoms with E-state index in [-0.39, 0.29) is 12.5 Å². The highest BCUT2D eigenvalue weighted by molar-refractivity contribution is 5.82. The zero-order chi connectivity index (χ0) is 18.9. The average Bonchev–Trinajstić information content (AvgIpc) is 2.73. The molecule has 6 nitrogen and oxygen atoms in total. The fourth-order valence-corrected chi connectivity index (χ4v) is 2.73. The van der Waals surface area contributed by atoms with Crippen LogP contribution in [0.25, 0.3) is 0 Å². The highest BCUT2D eigenvalue weighted by Crippen LogP contribution is 2.08. The summed E-state index contributed by atoms with van der Waals surface area (Å²) < 4.78 is 5.28. The molecule has 3 rings (SSSR count). The molecule has 0 radical (unpaired) electrons. The lowest BCUT2D eigenvalue weighted by Crippen LogP contribution is -2.53. The molecule has 1 heterocycles. The maximum Gasteiger partial charge on any atom is 0.428 e. The molecule has 0 spiro atoms. The molecule has 1 unspecified atom stereocenters. The monoisotopic (exact) mass is 365 g/mol. The summed E-state index contributed by atoms with van der Waals surface area (Å²) in [5.74, 6) is -0.142. The number of carbonyl (C=O) groups is 2. The van der Waals surface area contributed by atoms with Crippen molar-refractivity contribution in [2.75, 3.05) is 6.54 Å². The van der Waals surface area contributed by atoms with E-state index in [1.807, 2.05) is 60.7 Å². The molecule has 140 valence electrons. The largest absolute Gasteiger partial charge is 0.443 e. The molecule has 2 aromatic rings. The zero-order valence-electron chi connectivity index (χ0n) is 15.0. The van der Waals surface area contributed by atoms with E-state index in [0.29, 0.717) is 13.0 Å². The number of hydrazine groups is 1. The van der Waals surface area contributed by atoms with Gasteiger partial charge in [0.15, 0.2) is 0 Å².